The van der Waals surface area contributed by atoms with Crippen LogP contribution in [-0.2, 0) is 11.4 Å². The molecule has 2 rings (SSSR count). The summed E-state index contributed by atoms with van der Waals surface area (Å²) in [7, 11) is 0. The summed E-state index contributed by atoms with van der Waals surface area (Å²) in [5.74, 6) is 2.34. The Kier molecular flexibility index (Phi) is 5.67. The first kappa shape index (κ1) is 15.6. The topological polar surface area (TPSA) is 82.6 Å². The smallest absolute Gasteiger partial charge is 0.330 e. The van der Waals surface area contributed by atoms with Gasteiger partial charge in [-0.15, -0.1) is 6.42 Å². The van der Waals surface area contributed by atoms with E-state index in [0.717, 1.165) is 12.3 Å². The number of nitrogens with zero attached hydrogens (tertiary/aromatic N) is 1. The predicted molar refractivity (Wildman–Crippen MR) is 80.8 cm³/mol. The fraction of sp³-hybridized carbons (Fsp3) is 0.455. The van der Waals surface area contributed by atoms with E-state index in [0.29, 0.717) is 13.0 Å². The lowest BCUT2D eigenvalue weighted by molar-refractivity contribution is -0.0240. The number of H-pyrrole nitrogens is 1. The SMILES string of the molecule is C#CC1CC(COSOI)OC1n1ccc(=O)[nH]c1=O. The maximum atomic E-state index is 11.8. The molecule has 0 saturated carbocycles. The number of halogens is 1. The van der Waals surface area contributed by atoms with Crippen molar-refractivity contribution in [3.63, 3.8) is 0 Å². The van der Waals surface area contributed by atoms with Gasteiger partial charge in [0.2, 0.25) is 0 Å². The Balaban J connectivity index is 2.12. The van der Waals surface area contributed by atoms with Crippen molar-refractivity contribution in [2.75, 3.05) is 6.61 Å². The summed E-state index contributed by atoms with van der Waals surface area (Å²) in [6.45, 7) is 0.292. The number of ether oxygens (including phenoxy) is 1. The molecule has 0 radical (unpaired) electrons. The molecular formula is C11H11IN2O5S. The number of hydrogen-bond donors (Lipinski definition) is 1. The Bertz CT molecular complexity index is 610. The fourth-order valence-corrected chi connectivity index (χ4v) is 2.57. The molecule has 7 nitrogen and oxygen atoms in total. The quantitative estimate of drug-likeness (QED) is 0.338. The van der Waals surface area contributed by atoms with Gasteiger partial charge in [0.05, 0.1) is 18.6 Å². The summed E-state index contributed by atoms with van der Waals surface area (Å²) in [6, 6.07) is 1.25. The summed E-state index contributed by atoms with van der Waals surface area (Å²) in [6.07, 6.45) is 6.57. The third-order valence-electron chi connectivity index (χ3n) is 2.86. The normalized spacial score (nSPS) is 25.5. The maximum absolute atomic E-state index is 11.8. The van der Waals surface area contributed by atoms with Crippen LogP contribution in [0.4, 0.5) is 0 Å². The number of rotatable bonds is 5. The summed E-state index contributed by atoms with van der Waals surface area (Å²) in [5.41, 5.74) is -1.01. The molecule has 1 fully saturated rings. The molecule has 1 aliphatic heterocycles. The molecule has 0 bridgehead atoms. The van der Waals surface area contributed by atoms with Crippen LogP contribution < -0.4 is 11.2 Å². The molecule has 2 heterocycles. The Hall–Kier alpha value is -0.800. The lowest BCUT2D eigenvalue weighted by Gasteiger charge is -2.17. The van der Waals surface area contributed by atoms with Gasteiger partial charge in [-0.05, 0) is 6.42 Å². The highest BCUT2D eigenvalue weighted by molar-refractivity contribution is 14.1. The Labute approximate surface area is 133 Å². The van der Waals surface area contributed by atoms with Gasteiger partial charge >= 0.3 is 5.69 Å². The largest absolute Gasteiger partial charge is 0.351 e. The Morgan fingerprint density at radius 3 is 3.10 bits per heavy atom. The van der Waals surface area contributed by atoms with Crippen molar-refractivity contribution in [3.05, 3.63) is 33.1 Å². The molecule has 20 heavy (non-hydrogen) atoms. The van der Waals surface area contributed by atoms with Gasteiger partial charge in [-0.25, -0.2) is 7.31 Å². The summed E-state index contributed by atoms with van der Waals surface area (Å²) in [4.78, 5) is 25.0. The van der Waals surface area contributed by atoms with Crippen LogP contribution in [-0.4, -0.2) is 22.3 Å². The highest BCUT2D eigenvalue weighted by Crippen LogP contribution is 2.33. The van der Waals surface area contributed by atoms with Gasteiger partial charge in [-0.1, -0.05) is 5.92 Å². The highest BCUT2D eigenvalue weighted by atomic mass is 127. The minimum Gasteiger partial charge on any atom is -0.351 e. The van der Waals surface area contributed by atoms with Gasteiger partial charge < -0.3 is 4.74 Å². The number of nitrogens with one attached hydrogen (secondary N) is 1. The lowest BCUT2D eigenvalue weighted by atomic mass is 10.0. The van der Waals surface area contributed by atoms with E-state index in [2.05, 4.69) is 13.4 Å². The molecule has 1 saturated heterocycles. The molecule has 1 aliphatic rings. The third-order valence-corrected chi connectivity index (χ3v) is 3.58. The molecule has 108 valence electrons. The van der Waals surface area contributed by atoms with Crippen molar-refractivity contribution in [1.82, 2.24) is 9.55 Å². The molecule has 0 aromatic carbocycles. The van der Waals surface area contributed by atoms with Crippen LogP contribution in [0.1, 0.15) is 12.6 Å². The number of terminal acetylenes is 1. The van der Waals surface area contributed by atoms with Gasteiger partial charge in [-0.3, -0.25) is 18.5 Å². The minimum absolute atomic E-state index is 0.237. The molecule has 0 spiro atoms. The van der Waals surface area contributed by atoms with Crippen LogP contribution in [0.2, 0.25) is 0 Å². The first-order valence-electron chi connectivity index (χ1n) is 5.65. The van der Waals surface area contributed by atoms with Crippen molar-refractivity contribution >= 4 is 35.3 Å². The summed E-state index contributed by atoms with van der Waals surface area (Å²) >= 11 is 2.54. The van der Waals surface area contributed by atoms with Gasteiger partial charge in [0.1, 0.15) is 23.0 Å². The molecule has 3 atom stereocenters. The molecule has 0 aliphatic carbocycles. The molecule has 9 heteroatoms. The first-order chi connectivity index (χ1) is 9.65. The van der Waals surface area contributed by atoms with E-state index in [1.165, 1.54) is 16.8 Å². The monoisotopic (exact) mass is 410 g/mol. The van der Waals surface area contributed by atoms with E-state index in [9.17, 15) is 9.59 Å². The summed E-state index contributed by atoms with van der Waals surface area (Å²) in [5, 5.41) is 0. The molecule has 1 N–H and O–H groups in total. The van der Waals surface area contributed by atoms with E-state index in [4.69, 9.17) is 15.3 Å². The summed E-state index contributed by atoms with van der Waals surface area (Å²) < 4.78 is 16.8. The van der Waals surface area contributed by atoms with Gasteiger partial charge in [0.25, 0.3) is 5.56 Å². The molecule has 1 aromatic rings. The van der Waals surface area contributed by atoms with Crippen LogP contribution in [0.25, 0.3) is 0 Å². The maximum Gasteiger partial charge on any atom is 0.330 e. The average Bonchev–Trinajstić information content (AvgIpc) is 2.82. The number of aromatic nitrogens is 2. The first-order valence-corrected chi connectivity index (χ1v) is 7.20. The van der Waals surface area contributed by atoms with E-state index >= 15 is 0 Å². The molecular weight excluding hydrogens is 399 g/mol. The average molecular weight is 410 g/mol. The van der Waals surface area contributed by atoms with E-state index in [1.54, 1.807) is 23.0 Å². The predicted octanol–water partition coefficient (Wildman–Crippen LogP) is 1.02. The molecule has 0 amide bonds. The number of hydrogen-bond acceptors (Lipinski definition) is 6. The van der Waals surface area contributed by atoms with Gasteiger partial charge in [0, 0.05) is 12.3 Å². The fourth-order valence-electron chi connectivity index (χ4n) is 2.01. The van der Waals surface area contributed by atoms with Crippen molar-refractivity contribution < 1.29 is 11.4 Å². The van der Waals surface area contributed by atoms with Crippen molar-refractivity contribution in [3.8, 4) is 12.3 Å². The third kappa shape index (κ3) is 3.64. The number of aromatic amines is 1. The zero-order valence-electron chi connectivity index (χ0n) is 10.2. The van der Waals surface area contributed by atoms with E-state index in [1.807, 2.05) is 0 Å². The van der Waals surface area contributed by atoms with E-state index in [-0.39, 0.29) is 12.0 Å². The molecule has 1 aromatic heterocycles. The van der Waals surface area contributed by atoms with Gasteiger partial charge in [0.15, 0.2) is 18.6 Å². The van der Waals surface area contributed by atoms with Crippen LogP contribution in [0.15, 0.2) is 21.9 Å². The Morgan fingerprint density at radius 2 is 2.45 bits per heavy atom. The van der Waals surface area contributed by atoms with Gasteiger partial charge in [-0.2, -0.15) is 0 Å². The van der Waals surface area contributed by atoms with Crippen LogP contribution in [0.5, 0.6) is 0 Å². The van der Waals surface area contributed by atoms with Crippen molar-refractivity contribution in [2.45, 2.75) is 18.8 Å². The van der Waals surface area contributed by atoms with E-state index < -0.39 is 17.5 Å². The minimum atomic E-state index is -0.608. The van der Waals surface area contributed by atoms with Crippen LogP contribution in [0, 0.1) is 18.3 Å². The molecule has 3 unspecified atom stereocenters. The highest BCUT2D eigenvalue weighted by Gasteiger charge is 2.36. The van der Waals surface area contributed by atoms with Crippen molar-refractivity contribution in [1.29, 1.82) is 0 Å². The standard InChI is InChI=1S/C11H11IN2O5S/c1-2-7-5-8(6-17-20-19-12)18-10(7)14-4-3-9(15)13-11(14)16/h1,3-4,7-8,10H,5-6H2,(H,13,15,16). The van der Waals surface area contributed by atoms with Crippen LogP contribution in [0.3, 0.4) is 0 Å². The lowest BCUT2D eigenvalue weighted by Crippen LogP contribution is -2.33. The van der Waals surface area contributed by atoms with Crippen LogP contribution >= 0.6 is 35.3 Å². The second-order valence-corrected chi connectivity index (χ2v) is 5.67. The second-order valence-electron chi connectivity index (χ2n) is 4.09. The van der Waals surface area contributed by atoms with Crippen molar-refractivity contribution in [2.24, 2.45) is 5.92 Å². The Morgan fingerprint density at radius 1 is 1.65 bits per heavy atom. The zero-order chi connectivity index (χ0) is 14.5. The zero-order valence-corrected chi connectivity index (χ0v) is 13.1. The second kappa shape index (κ2) is 7.28.